The van der Waals surface area contributed by atoms with Crippen LogP contribution in [0, 0.1) is 0 Å². The quantitative estimate of drug-likeness (QED) is 0.526. The third kappa shape index (κ3) is 6.47. The first-order valence-electron chi connectivity index (χ1n) is 9.47. The van der Waals surface area contributed by atoms with Crippen molar-refractivity contribution in [3.05, 3.63) is 53.7 Å². The van der Waals surface area contributed by atoms with Crippen molar-refractivity contribution in [3.8, 4) is 5.75 Å². The Hall–Kier alpha value is -2.76. The van der Waals surface area contributed by atoms with Crippen molar-refractivity contribution in [2.45, 2.75) is 26.8 Å². The van der Waals surface area contributed by atoms with E-state index in [1.807, 2.05) is 18.3 Å². The van der Waals surface area contributed by atoms with Gasteiger partial charge in [0.15, 0.2) is 5.96 Å². The Labute approximate surface area is 162 Å². The van der Waals surface area contributed by atoms with Gasteiger partial charge in [0.2, 0.25) is 0 Å². The molecule has 0 bridgehead atoms. The standard InChI is InChI=1S/C21H31N5O/c1-5-26(6-2)20-12-9-18(15-24-20)16-25-21(22-3)23-14-13-17-7-10-19(27-4)11-8-17/h7-12,15H,5-6,13-14,16H2,1-4H3,(H2,22,23,25). The second kappa shape index (κ2) is 11.1. The molecule has 6 nitrogen and oxygen atoms in total. The fraction of sp³-hybridized carbons (Fsp3) is 0.429. The first-order chi connectivity index (χ1) is 13.2. The second-order valence-electron chi connectivity index (χ2n) is 6.15. The summed E-state index contributed by atoms with van der Waals surface area (Å²) in [5.41, 5.74) is 2.39. The molecular weight excluding hydrogens is 338 g/mol. The molecule has 0 spiro atoms. The van der Waals surface area contributed by atoms with E-state index >= 15 is 0 Å². The Morgan fingerprint density at radius 1 is 1.04 bits per heavy atom. The highest BCUT2D eigenvalue weighted by molar-refractivity contribution is 5.79. The largest absolute Gasteiger partial charge is 0.497 e. The molecule has 27 heavy (non-hydrogen) atoms. The normalized spacial score (nSPS) is 11.2. The fourth-order valence-corrected chi connectivity index (χ4v) is 2.78. The van der Waals surface area contributed by atoms with Gasteiger partial charge in [-0.2, -0.15) is 0 Å². The molecule has 2 rings (SSSR count). The number of nitrogens with one attached hydrogen (secondary N) is 2. The van der Waals surface area contributed by atoms with Crippen LogP contribution < -0.4 is 20.3 Å². The number of ether oxygens (including phenoxy) is 1. The minimum absolute atomic E-state index is 0.688. The first-order valence-corrected chi connectivity index (χ1v) is 9.47. The van der Waals surface area contributed by atoms with Gasteiger partial charge >= 0.3 is 0 Å². The van der Waals surface area contributed by atoms with Crippen molar-refractivity contribution < 1.29 is 4.74 Å². The number of hydrogen-bond donors (Lipinski definition) is 2. The molecule has 0 aliphatic carbocycles. The van der Waals surface area contributed by atoms with E-state index in [-0.39, 0.29) is 0 Å². The maximum absolute atomic E-state index is 5.18. The molecule has 1 heterocycles. The topological polar surface area (TPSA) is 61.8 Å². The number of aliphatic imine (C=N–C) groups is 1. The summed E-state index contributed by atoms with van der Waals surface area (Å²) in [7, 11) is 3.46. The summed E-state index contributed by atoms with van der Waals surface area (Å²) in [5.74, 6) is 2.69. The van der Waals surface area contributed by atoms with E-state index in [1.54, 1.807) is 14.2 Å². The highest BCUT2D eigenvalue weighted by atomic mass is 16.5. The van der Waals surface area contributed by atoms with Gasteiger partial charge in [-0.15, -0.1) is 0 Å². The number of guanidine groups is 1. The van der Waals surface area contributed by atoms with Crippen LogP contribution in [0.15, 0.2) is 47.6 Å². The number of aromatic nitrogens is 1. The summed E-state index contributed by atoms with van der Waals surface area (Å²) in [6.45, 7) is 7.71. The van der Waals surface area contributed by atoms with Gasteiger partial charge in [0, 0.05) is 39.4 Å². The van der Waals surface area contributed by atoms with E-state index in [0.29, 0.717) is 6.54 Å². The minimum Gasteiger partial charge on any atom is -0.497 e. The predicted molar refractivity (Wildman–Crippen MR) is 113 cm³/mol. The van der Waals surface area contributed by atoms with Crippen LogP contribution in [0.5, 0.6) is 5.75 Å². The van der Waals surface area contributed by atoms with Crippen molar-refractivity contribution in [1.29, 1.82) is 0 Å². The molecule has 146 valence electrons. The lowest BCUT2D eigenvalue weighted by atomic mass is 10.1. The molecule has 2 aromatic rings. The van der Waals surface area contributed by atoms with Crippen LogP contribution in [0.25, 0.3) is 0 Å². The summed E-state index contributed by atoms with van der Waals surface area (Å²) in [4.78, 5) is 11.1. The molecular formula is C21H31N5O. The van der Waals surface area contributed by atoms with Gasteiger partial charge in [-0.25, -0.2) is 4.98 Å². The van der Waals surface area contributed by atoms with Gasteiger partial charge in [-0.1, -0.05) is 18.2 Å². The summed E-state index contributed by atoms with van der Waals surface area (Å²) < 4.78 is 5.18. The number of pyridine rings is 1. The van der Waals surface area contributed by atoms with Crippen LogP contribution in [-0.2, 0) is 13.0 Å². The smallest absolute Gasteiger partial charge is 0.191 e. The molecule has 0 fully saturated rings. The lowest BCUT2D eigenvalue weighted by Gasteiger charge is -2.19. The van der Waals surface area contributed by atoms with Crippen LogP contribution >= 0.6 is 0 Å². The monoisotopic (exact) mass is 369 g/mol. The zero-order valence-electron chi connectivity index (χ0n) is 16.8. The third-order valence-electron chi connectivity index (χ3n) is 4.45. The van der Waals surface area contributed by atoms with Gasteiger partial charge in [-0.05, 0) is 49.6 Å². The minimum atomic E-state index is 0.688. The summed E-state index contributed by atoms with van der Waals surface area (Å²) in [6, 6.07) is 12.3. The summed E-state index contributed by atoms with van der Waals surface area (Å²) >= 11 is 0. The molecule has 1 aromatic carbocycles. The van der Waals surface area contributed by atoms with Crippen LogP contribution in [-0.4, -0.2) is 44.7 Å². The molecule has 0 saturated carbocycles. The summed E-state index contributed by atoms with van der Waals surface area (Å²) in [5, 5.41) is 6.68. The molecule has 2 N–H and O–H groups in total. The lowest BCUT2D eigenvalue weighted by molar-refractivity contribution is 0.414. The molecule has 0 amide bonds. The van der Waals surface area contributed by atoms with Crippen molar-refractivity contribution in [2.24, 2.45) is 4.99 Å². The number of nitrogens with zero attached hydrogens (tertiary/aromatic N) is 3. The maximum Gasteiger partial charge on any atom is 0.191 e. The average Bonchev–Trinajstić information content (AvgIpc) is 2.73. The van der Waals surface area contributed by atoms with E-state index in [2.05, 4.69) is 63.6 Å². The third-order valence-corrected chi connectivity index (χ3v) is 4.45. The average molecular weight is 370 g/mol. The zero-order chi connectivity index (χ0) is 19.5. The highest BCUT2D eigenvalue weighted by Crippen LogP contribution is 2.12. The molecule has 0 aliphatic rings. The van der Waals surface area contributed by atoms with E-state index in [0.717, 1.165) is 49.1 Å². The number of methoxy groups -OCH3 is 1. The molecule has 1 aromatic heterocycles. The van der Waals surface area contributed by atoms with E-state index in [4.69, 9.17) is 4.74 Å². The lowest BCUT2D eigenvalue weighted by Crippen LogP contribution is -2.37. The van der Waals surface area contributed by atoms with Gasteiger partial charge in [-0.3, -0.25) is 4.99 Å². The number of anilines is 1. The molecule has 0 radical (unpaired) electrons. The predicted octanol–water partition coefficient (Wildman–Crippen LogP) is 2.84. The molecule has 0 atom stereocenters. The van der Waals surface area contributed by atoms with Crippen molar-refractivity contribution >= 4 is 11.8 Å². The highest BCUT2D eigenvalue weighted by Gasteiger charge is 2.04. The fourth-order valence-electron chi connectivity index (χ4n) is 2.78. The maximum atomic E-state index is 5.18. The molecule has 6 heteroatoms. The summed E-state index contributed by atoms with van der Waals surface area (Å²) in [6.07, 6.45) is 2.84. The van der Waals surface area contributed by atoms with Gasteiger partial charge in [0.05, 0.1) is 7.11 Å². The van der Waals surface area contributed by atoms with Crippen LogP contribution in [0.3, 0.4) is 0 Å². The Balaban J connectivity index is 1.77. The number of rotatable bonds is 9. The first kappa shape index (κ1) is 20.6. The van der Waals surface area contributed by atoms with Crippen LogP contribution in [0.2, 0.25) is 0 Å². The molecule has 0 saturated heterocycles. The molecule has 0 aliphatic heterocycles. The van der Waals surface area contributed by atoms with E-state index in [1.165, 1.54) is 5.56 Å². The second-order valence-corrected chi connectivity index (χ2v) is 6.15. The van der Waals surface area contributed by atoms with Crippen molar-refractivity contribution in [2.75, 3.05) is 38.7 Å². The Bertz CT molecular complexity index is 694. The van der Waals surface area contributed by atoms with Gasteiger partial charge < -0.3 is 20.3 Å². The molecule has 0 unspecified atom stereocenters. The van der Waals surface area contributed by atoms with Crippen molar-refractivity contribution in [1.82, 2.24) is 15.6 Å². The van der Waals surface area contributed by atoms with Crippen LogP contribution in [0.1, 0.15) is 25.0 Å². The van der Waals surface area contributed by atoms with E-state index in [9.17, 15) is 0 Å². The Morgan fingerprint density at radius 3 is 2.30 bits per heavy atom. The van der Waals surface area contributed by atoms with E-state index < -0.39 is 0 Å². The SMILES string of the molecule is CCN(CC)c1ccc(CNC(=NC)NCCc2ccc(OC)cc2)cn1. The van der Waals surface area contributed by atoms with Gasteiger partial charge in [0.25, 0.3) is 0 Å². The van der Waals surface area contributed by atoms with Crippen molar-refractivity contribution in [3.63, 3.8) is 0 Å². The zero-order valence-corrected chi connectivity index (χ0v) is 16.8. The van der Waals surface area contributed by atoms with Crippen LogP contribution in [0.4, 0.5) is 5.82 Å². The number of hydrogen-bond acceptors (Lipinski definition) is 4. The number of benzene rings is 1. The Kier molecular flexibility index (Phi) is 8.42. The van der Waals surface area contributed by atoms with Gasteiger partial charge in [0.1, 0.15) is 11.6 Å². The Morgan fingerprint density at radius 2 is 1.74 bits per heavy atom.